The minimum absolute atomic E-state index is 0.0750. The van der Waals surface area contributed by atoms with Crippen LogP contribution in [0.1, 0.15) is 13.3 Å². The van der Waals surface area contributed by atoms with Gasteiger partial charge < -0.3 is 20.3 Å². The van der Waals surface area contributed by atoms with Gasteiger partial charge in [0, 0.05) is 6.54 Å². The van der Waals surface area contributed by atoms with E-state index in [1.165, 1.54) is 0 Å². The predicted molar refractivity (Wildman–Crippen MR) is 45.5 cm³/mol. The molecule has 0 spiro atoms. The van der Waals surface area contributed by atoms with E-state index in [9.17, 15) is 9.90 Å². The highest BCUT2D eigenvalue weighted by molar-refractivity contribution is 5.72. The van der Waals surface area contributed by atoms with E-state index in [0.717, 1.165) is 0 Å². The van der Waals surface area contributed by atoms with Crippen LogP contribution in [0.5, 0.6) is 0 Å². The first-order valence-corrected chi connectivity index (χ1v) is 4.29. The molecular weight excluding hydrogens is 174 g/mol. The molecule has 1 saturated heterocycles. The van der Waals surface area contributed by atoms with E-state index >= 15 is 0 Å². The molecule has 0 amide bonds. The van der Waals surface area contributed by atoms with E-state index in [-0.39, 0.29) is 6.61 Å². The van der Waals surface area contributed by atoms with Gasteiger partial charge in [0.15, 0.2) is 6.10 Å². The fraction of sp³-hybridized carbons (Fsp3) is 0.875. The van der Waals surface area contributed by atoms with Crippen LogP contribution in [-0.2, 0) is 9.53 Å². The number of hydrogen-bond donors (Lipinski definition) is 3. The maximum absolute atomic E-state index is 10.6. The van der Waals surface area contributed by atoms with Gasteiger partial charge in [-0.1, -0.05) is 0 Å². The molecule has 13 heavy (non-hydrogen) atoms. The number of carbonyl (C=O) groups is 1. The smallest absolute Gasteiger partial charge is 0.334 e. The number of nitrogens with one attached hydrogen (secondary N) is 1. The lowest BCUT2D eigenvalue weighted by atomic mass is 10.0. The third-order valence-corrected chi connectivity index (χ3v) is 2.04. The minimum Gasteiger partial charge on any atom is -0.479 e. The van der Waals surface area contributed by atoms with Gasteiger partial charge in [0.1, 0.15) is 0 Å². The number of aliphatic carboxylic acids is 1. The third kappa shape index (κ3) is 3.30. The van der Waals surface area contributed by atoms with Gasteiger partial charge in [-0.2, -0.15) is 0 Å². The van der Waals surface area contributed by atoms with E-state index in [1.807, 2.05) is 0 Å². The van der Waals surface area contributed by atoms with E-state index < -0.39 is 17.7 Å². The first kappa shape index (κ1) is 10.4. The number of aliphatic hydroxyl groups is 1. The molecule has 5 heteroatoms. The predicted octanol–water partition coefficient (Wildman–Crippen LogP) is -0.799. The van der Waals surface area contributed by atoms with Crippen LogP contribution in [0.3, 0.4) is 0 Å². The molecule has 2 atom stereocenters. The summed E-state index contributed by atoms with van der Waals surface area (Å²) < 4.78 is 5.05. The van der Waals surface area contributed by atoms with Gasteiger partial charge >= 0.3 is 5.97 Å². The molecule has 0 radical (unpaired) electrons. The normalized spacial score (nSPS) is 36.3. The second kappa shape index (κ2) is 4.04. The topological polar surface area (TPSA) is 78.8 Å². The van der Waals surface area contributed by atoms with Crippen molar-refractivity contribution in [2.24, 2.45) is 0 Å². The van der Waals surface area contributed by atoms with Gasteiger partial charge in [-0.25, -0.2) is 4.79 Å². The number of rotatable bonds is 1. The molecule has 0 aromatic carbocycles. The highest BCUT2D eigenvalue weighted by Gasteiger charge is 2.27. The summed E-state index contributed by atoms with van der Waals surface area (Å²) in [6.45, 7) is 2.62. The summed E-state index contributed by atoms with van der Waals surface area (Å²) in [6.07, 6.45) is -0.286. The van der Waals surface area contributed by atoms with Gasteiger partial charge in [-0.05, 0) is 19.9 Å². The first-order chi connectivity index (χ1) is 6.01. The van der Waals surface area contributed by atoms with Crippen LogP contribution in [0, 0.1) is 0 Å². The molecule has 0 aliphatic carbocycles. The van der Waals surface area contributed by atoms with Crippen molar-refractivity contribution in [3.8, 4) is 0 Å². The Morgan fingerprint density at radius 3 is 3.00 bits per heavy atom. The van der Waals surface area contributed by atoms with Crippen molar-refractivity contribution in [2.75, 3.05) is 19.7 Å². The van der Waals surface area contributed by atoms with Gasteiger partial charge in [0.2, 0.25) is 0 Å². The third-order valence-electron chi connectivity index (χ3n) is 2.04. The van der Waals surface area contributed by atoms with E-state index in [4.69, 9.17) is 9.84 Å². The summed E-state index contributed by atoms with van der Waals surface area (Å²) >= 11 is 0. The maximum Gasteiger partial charge on any atom is 0.334 e. The molecule has 2 unspecified atom stereocenters. The van der Waals surface area contributed by atoms with Crippen molar-refractivity contribution < 1.29 is 19.7 Å². The van der Waals surface area contributed by atoms with Crippen molar-refractivity contribution in [3.63, 3.8) is 0 Å². The lowest BCUT2D eigenvalue weighted by molar-refractivity contribution is -0.156. The van der Waals surface area contributed by atoms with Gasteiger partial charge in [0.25, 0.3) is 0 Å². The second-order valence-electron chi connectivity index (χ2n) is 3.59. The van der Waals surface area contributed by atoms with E-state index in [1.54, 1.807) is 6.92 Å². The fourth-order valence-corrected chi connectivity index (χ4v) is 1.16. The minimum atomic E-state index is -0.995. The summed E-state index contributed by atoms with van der Waals surface area (Å²) in [4.78, 5) is 10.6. The highest BCUT2D eigenvalue weighted by atomic mass is 16.5. The standard InChI is InChI=1S/C8H15NO4/c1-8(12)2-3-9-4-6(7(10)11)13-5-8/h6,9,12H,2-5H2,1H3,(H,10,11). The Morgan fingerprint density at radius 2 is 2.38 bits per heavy atom. The van der Waals surface area contributed by atoms with Crippen molar-refractivity contribution in [2.45, 2.75) is 25.0 Å². The molecule has 0 aromatic rings. The molecule has 3 N–H and O–H groups in total. The average Bonchev–Trinajstić information content (AvgIpc) is 1.98. The summed E-state index contributed by atoms with van der Waals surface area (Å²) in [5.74, 6) is -0.995. The first-order valence-electron chi connectivity index (χ1n) is 4.29. The van der Waals surface area contributed by atoms with Crippen LogP contribution in [0.15, 0.2) is 0 Å². The lowest BCUT2D eigenvalue weighted by Crippen LogP contribution is -2.45. The number of carboxylic acids is 1. The Bertz CT molecular complexity index is 193. The van der Waals surface area contributed by atoms with Crippen molar-refractivity contribution in [1.29, 1.82) is 0 Å². The zero-order valence-electron chi connectivity index (χ0n) is 7.62. The molecule has 5 nitrogen and oxygen atoms in total. The Labute approximate surface area is 76.7 Å². The zero-order valence-corrected chi connectivity index (χ0v) is 7.62. The largest absolute Gasteiger partial charge is 0.479 e. The Hall–Kier alpha value is -0.650. The highest BCUT2D eigenvalue weighted by Crippen LogP contribution is 2.12. The summed E-state index contributed by atoms with van der Waals surface area (Å²) in [7, 11) is 0. The lowest BCUT2D eigenvalue weighted by Gasteiger charge is -2.28. The Morgan fingerprint density at radius 1 is 1.69 bits per heavy atom. The second-order valence-corrected chi connectivity index (χ2v) is 3.59. The molecule has 1 aliphatic heterocycles. The van der Waals surface area contributed by atoms with Gasteiger partial charge in [0.05, 0.1) is 12.2 Å². The molecule has 1 heterocycles. The summed E-state index contributed by atoms with van der Waals surface area (Å²) in [5.41, 5.74) is -0.929. The molecule has 1 rings (SSSR count). The van der Waals surface area contributed by atoms with Crippen molar-refractivity contribution in [3.05, 3.63) is 0 Å². The SMILES string of the molecule is CC1(O)CCNCC(C(=O)O)OC1. The van der Waals surface area contributed by atoms with Crippen LogP contribution in [0.2, 0.25) is 0 Å². The summed E-state index contributed by atoms with van der Waals surface area (Å²) in [5, 5.41) is 21.2. The molecule has 1 fully saturated rings. The number of ether oxygens (including phenoxy) is 1. The van der Waals surface area contributed by atoms with E-state index in [0.29, 0.717) is 19.5 Å². The van der Waals surface area contributed by atoms with Gasteiger partial charge in [-0.15, -0.1) is 0 Å². The summed E-state index contributed by atoms with van der Waals surface area (Å²) in [6, 6.07) is 0. The Kier molecular flexibility index (Phi) is 3.24. The van der Waals surface area contributed by atoms with Crippen LogP contribution >= 0.6 is 0 Å². The maximum atomic E-state index is 10.6. The van der Waals surface area contributed by atoms with Gasteiger partial charge in [-0.3, -0.25) is 0 Å². The molecule has 76 valence electrons. The van der Waals surface area contributed by atoms with Crippen LogP contribution in [0.4, 0.5) is 0 Å². The molecule has 0 bridgehead atoms. The quantitative estimate of drug-likeness (QED) is 0.503. The zero-order chi connectivity index (χ0) is 9.90. The Balaban J connectivity index is 2.50. The van der Waals surface area contributed by atoms with E-state index in [2.05, 4.69) is 5.32 Å². The van der Waals surface area contributed by atoms with Crippen LogP contribution < -0.4 is 5.32 Å². The number of carboxylic acid groups (broad SMARTS) is 1. The molecule has 0 saturated carbocycles. The van der Waals surface area contributed by atoms with Crippen molar-refractivity contribution in [1.82, 2.24) is 5.32 Å². The number of hydrogen-bond acceptors (Lipinski definition) is 4. The fourth-order valence-electron chi connectivity index (χ4n) is 1.16. The van der Waals surface area contributed by atoms with Crippen molar-refractivity contribution >= 4 is 5.97 Å². The average molecular weight is 189 g/mol. The van der Waals surface area contributed by atoms with Crippen LogP contribution in [0.25, 0.3) is 0 Å². The van der Waals surface area contributed by atoms with Crippen LogP contribution in [-0.4, -0.2) is 47.6 Å². The molecule has 1 aliphatic rings. The monoisotopic (exact) mass is 189 g/mol. The molecule has 0 aromatic heterocycles. The molecular formula is C8H15NO4.